The molecule has 0 bridgehead atoms. The van der Waals surface area contributed by atoms with E-state index in [2.05, 4.69) is 52.0 Å². The summed E-state index contributed by atoms with van der Waals surface area (Å²) >= 11 is 0. The summed E-state index contributed by atoms with van der Waals surface area (Å²) in [5.41, 5.74) is 1.28. The maximum Gasteiger partial charge on any atom is 0.119 e. The molecule has 0 heterocycles. The lowest BCUT2D eigenvalue weighted by atomic mass is 10.0. The van der Waals surface area contributed by atoms with Gasteiger partial charge in [-0.15, -0.1) is 0 Å². The second kappa shape index (κ2) is 6.57. The molecule has 0 fully saturated rings. The van der Waals surface area contributed by atoms with Crippen LogP contribution in [0.5, 0.6) is 5.75 Å². The third-order valence-corrected chi connectivity index (χ3v) is 2.85. The van der Waals surface area contributed by atoms with Gasteiger partial charge < -0.3 is 4.74 Å². The molecule has 90 valence electrons. The molecule has 0 aliphatic heterocycles. The second-order valence-electron chi connectivity index (χ2n) is 4.93. The molecule has 0 N–H and O–H groups in total. The normalized spacial score (nSPS) is 12.8. The van der Waals surface area contributed by atoms with E-state index in [0.29, 0.717) is 6.10 Å². The molecule has 0 amide bonds. The van der Waals surface area contributed by atoms with Crippen LogP contribution in [0.15, 0.2) is 24.3 Å². The monoisotopic (exact) mass is 220 g/mol. The Morgan fingerprint density at radius 3 is 2.19 bits per heavy atom. The molecule has 16 heavy (non-hydrogen) atoms. The Hall–Kier alpha value is -0.980. The summed E-state index contributed by atoms with van der Waals surface area (Å²) in [4.78, 5) is 0. The Morgan fingerprint density at radius 1 is 1.06 bits per heavy atom. The SMILES string of the molecule is CCC(CCC(C)C)Oc1ccc(C)cc1. The minimum Gasteiger partial charge on any atom is -0.490 e. The van der Waals surface area contributed by atoms with Crippen molar-refractivity contribution in [3.8, 4) is 5.75 Å². The smallest absolute Gasteiger partial charge is 0.119 e. The van der Waals surface area contributed by atoms with E-state index in [0.717, 1.165) is 24.5 Å². The van der Waals surface area contributed by atoms with E-state index in [1.54, 1.807) is 0 Å². The first-order chi connectivity index (χ1) is 7.61. The van der Waals surface area contributed by atoms with Crippen LogP contribution >= 0.6 is 0 Å². The third-order valence-electron chi connectivity index (χ3n) is 2.85. The highest BCUT2D eigenvalue weighted by atomic mass is 16.5. The summed E-state index contributed by atoms with van der Waals surface area (Å²) in [6.45, 7) is 8.82. The molecule has 1 aromatic rings. The van der Waals surface area contributed by atoms with Gasteiger partial charge in [0.05, 0.1) is 6.10 Å². The molecule has 0 saturated carbocycles. The topological polar surface area (TPSA) is 9.23 Å². The van der Waals surface area contributed by atoms with E-state index in [1.807, 2.05) is 0 Å². The summed E-state index contributed by atoms with van der Waals surface area (Å²) in [7, 11) is 0. The molecule has 0 spiro atoms. The van der Waals surface area contributed by atoms with Gasteiger partial charge in [-0.1, -0.05) is 38.5 Å². The number of benzene rings is 1. The predicted octanol–water partition coefficient (Wildman–Crippen LogP) is 4.59. The van der Waals surface area contributed by atoms with Crippen molar-refractivity contribution in [2.75, 3.05) is 0 Å². The fraction of sp³-hybridized carbons (Fsp3) is 0.600. The molecule has 1 atom stereocenters. The van der Waals surface area contributed by atoms with Gasteiger partial charge in [-0.25, -0.2) is 0 Å². The van der Waals surface area contributed by atoms with Gasteiger partial charge in [0.25, 0.3) is 0 Å². The standard InChI is InChI=1S/C15H24O/c1-5-14(9-6-12(2)3)16-15-10-7-13(4)8-11-15/h7-8,10-12,14H,5-6,9H2,1-4H3. The lowest BCUT2D eigenvalue weighted by molar-refractivity contribution is 0.178. The predicted molar refractivity (Wildman–Crippen MR) is 70.0 cm³/mol. The van der Waals surface area contributed by atoms with E-state index >= 15 is 0 Å². The summed E-state index contributed by atoms with van der Waals surface area (Å²) in [5.74, 6) is 1.76. The second-order valence-corrected chi connectivity index (χ2v) is 4.93. The molecule has 0 aliphatic carbocycles. The maximum atomic E-state index is 5.97. The summed E-state index contributed by atoms with van der Waals surface area (Å²) in [6, 6.07) is 8.33. The van der Waals surface area contributed by atoms with Crippen LogP contribution < -0.4 is 4.74 Å². The molecule has 1 aromatic carbocycles. The molecule has 1 rings (SSSR count). The molecule has 0 saturated heterocycles. The van der Waals surface area contributed by atoms with Crippen LogP contribution in [-0.4, -0.2) is 6.10 Å². The Kier molecular flexibility index (Phi) is 5.37. The Bertz CT molecular complexity index is 287. The van der Waals surface area contributed by atoms with Crippen molar-refractivity contribution in [1.29, 1.82) is 0 Å². The molecule has 1 unspecified atom stereocenters. The van der Waals surface area contributed by atoms with Crippen LogP contribution in [0, 0.1) is 12.8 Å². The van der Waals surface area contributed by atoms with Crippen LogP contribution in [0.3, 0.4) is 0 Å². The average Bonchev–Trinajstić information content (AvgIpc) is 2.26. The van der Waals surface area contributed by atoms with Gasteiger partial charge in [-0.3, -0.25) is 0 Å². The Labute approximate surface area is 99.8 Å². The fourth-order valence-electron chi connectivity index (χ4n) is 1.67. The van der Waals surface area contributed by atoms with Crippen molar-refractivity contribution in [2.45, 2.75) is 53.1 Å². The van der Waals surface area contributed by atoms with Crippen LogP contribution in [0.1, 0.15) is 45.6 Å². The minimum atomic E-state index is 0.366. The van der Waals surface area contributed by atoms with Crippen molar-refractivity contribution >= 4 is 0 Å². The first kappa shape index (κ1) is 13.1. The maximum absolute atomic E-state index is 5.97. The van der Waals surface area contributed by atoms with Crippen LogP contribution in [0.25, 0.3) is 0 Å². The van der Waals surface area contributed by atoms with Crippen LogP contribution in [0.4, 0.5) is 0 Å². The van der Waals surface area contributed by atoms with Crippen LogP contribution in [0.2, 0.25) is 0 Å². The third kappa shape index (κ3) is 4.69. The van der Waals surface area contributed by atoms with Gasteiger partial charge in [0.1, 0.15) is 5.75 Å². The van der Waals surface area contributed by atoms with E-state index in [4.69, 9.17) is 4.74 Å². The molecule has 0 aliphatic rings. The molecule has 0 radical (unpaired) electrons. The molecule has 0 aromatic heterocycles. The Morgan fingerprint density at radius 2 is 1.69 bits per heavy atom. The van der Waals surface area contributed by atoms with E-state index < -0.39 is 0 Å². The zero-order valence-electron chi connectivity index (χ0n) is 11.0. The molecule has 1 heteroatoms. The molecule has 1 nitrogen and oxygen atoms in total. The van der Waals surface area contributed by atoms with E-state index in [9.17, 15) is 0 Å². The number of aryl methyl sites for hydroxylation is 1. The van der Waals surface area contributed by atoms with Gasteiger partial charge >= 0.3 is 0 Å². The largest absolute Gasteiger partial charge is 0.490 e. The minimum absolute atomic E-state index is 0.366. The van der Waals surface area contributed by atoms with E-state index in [-0.39, 0.29) is 0 Å². The van der Waals surface area contributed by atoms with Gasteiger partial charge in [0.15, 0.2) is 0 Å². The number of rotatable bonds is 6. The van der Waals surface area contributed by atoms with E-state index in [1.165, 1.54) is 12.0 Å². The number of ether oxygens (including phenoxy) is 1. The highest BCUT2D eigenvalue weighted by molar-refractivity contribution is 5.26. The summed E-state index contributed by atoms with van der Waals surface area (Å²) < 4.78 is 5.97. The van der Waals surface area contributed by atoms with Crippen molar-refractivity contribution in [2.24, 2.45) is 5.92 Å². The lowest BCUT2D eigenvalue weighted by Crippen LogP contribution is -2.16. The van der Waals surface area contributed by atoms with Crippen LogP contribution in [-0.2, 0) is 0 Å². The van der Waals surface area contributed by atoms with Gasteiger partial charge in [0, 0.05) is 0 Å². The quantitative estimate of drug-likeness (QED) is 0.681. The zero-order chi connectivity index (χ0) is 12.0. The Balaban J connectivity index is 2.46. The lowest BCUT2D eigenvalue weighted by Gasteiger charge is -2.18. The fourth-order valence-corrected chi connectivity index (χ4v) is 1.67. The molecular formula is C15H24O. The summed E-state index contributed by atoms with van der Waals surface area (Å²) in [5, 5.41) is 0. The van der Waals surface area contributed by atoms with Gasteiger partial charge in [-0.05, 0) is 44.2 Å². The van der Waals surface area contributed by atoms with Gasteiger partial charge in [0.2, 0.25) is 0 Å². The zero-order valence-corrected chi connectivity index (χ0v) is 11.0. The first-order valence-corrected chi connectivity index (χ1v) is 6.35. The van der Waals surface area contributed by atoms with Crippen molar-refractivity contribution in [3.63, 3.8) is 0 Å². The highest BCUT2D eigenvalue weighted by Crippen LogP contribution is 2.18. The average molecular weight is 220 g/mol. The first-order valence-electron chi connectivity index (χ1n) is 6.35. The highest BCUT2D eigenvalue weighted by Gasteiger charge is 2.08. The van der Waals surface area contributed by atoms with Crippen molar-refractivity contribution < 1.29 is 4.74 Å². The van der Waals surface area contributed by atoms with Crippen molar-refractivity contribution in [3.05, 3.63) is 29.8 Å². The van der Waals surface area contributed by atoms with Gasteiger partial charge in [-0.2, -0.15) is 0 Å². The number of hydrogen-bond donors (Lipinski definition) is 0. The van der Waals surface area contributed by atoms with Crippen molar-refractivity contribution in [1.82, 2.24) is 0 Å². The summed E-state index contributed by atoms with van der Waals surface area (Å²) in [6.07, 6.45) is 3.85. The molecular weight excluding hydrogens is 196 g/mol. The number of hydrogen-bond acceptors (Lipinski definition) is 1.